The maximum absolute atomic E-state index is 14.6. The minimum Gasteiger partial charge on any atom is -0.445 e. The molecule has 1 heterocycles. The van der Waals surface area contributed by atoms with E-state index < -0.39 is 72.5 Å². The van der Waals surface area contributed by atoms with Crippen LogP contribution in [0.1, 0.15) is 118 Å². The summed E-state index contributed by atoms with van der Waals surface area (Å²) in [6.07, 6.45) is 0.327. The predicted octanol–water partition coefficient (Wildman–Crippen LogP) is 5.36. The molecule has 8 amide bonds. The number of hydrogen-bond acceptors (Lipinski definition) is 11. The fourth-order valence-corrected chi connectivity index (χ4v) is 9.47. The zero-order valence-corrected chi connectivity index (χ0v) is 44.6. The monoisotopic (exact) mass is 1010 g/mol. The molecule has 3 rings (SSSR count). The number of nitrogens with zero attached hydrogens (tertiary/aromatic N) is 3. The molecule has 10 atom stereocenters. The number of aliphatic hydroxyl groups excluding tert-OH is 1. The van der Waals surface area contributed by atoms with E-state index in [1.807, 2.05) is 45.9 Å². The molecule has 1 saturated heterocycles. The van der Waals surface area contributed by atoms with E-state index in [4.69, 9.17) is 19.9 Å². The Kier molecular flexibility index (Phi) is 24.9. The second kappa shape index (κ2) is 29.7. The Bertz CT molecular complexity index is 2060. The van der Waals surface area contributed by atoms with E-state index >= 15 is 0 Å². The van der Waals surface area contributed by atoms with E-state index in [1.165, 1.54) is 26.2 Å². The zero-order valence-electron chi connectivity index (χ0n) is 44.6. The van der Waals surface area contributed by atoms with E-state index in [0.717, 1.165) is 0 Å². The van der Waals surface area contributed by atoms with Gasteiger partial charge < -0.3 is 56.1 Å². The van der Waals surface area contributed by atoms with Crippen molar-refractivity contribution < 1.29 is 52.9 Å². The van der Waals surface area contributed by atoms with Gasteiger partial charge in [-0.15, -0.1) is 0 Å². The lowest BCUT2D eigenvalue weighted by molar-refractivity contribution is -0.148. The number of rotatable bonds is 28. The van der Waals surface area contributed by atoms with Crippen LogP contribution in [0.3, 0.4) is 0 Å². The number of methoxy groups -OCH3 is 2. The first-order chi connectivity index (χ1) is 34.1. The number of likely N-dealkylation sites (N-methyl/N-ethyl adjacent to an activating group) is 2. The molecule has 2 aromatic carbocycles. The van der Waals surface area contributed by atoms with Crippen LogP contribution in [0, 0.1) is 23.7 Å². The summed E-state index contributed by atoms with van der Waals surface area (Å²) in [4.78, 5) is 97.9. The summed E-state index contributed by atoms with van der Waals surface area (Å²) in [6.45, 7) is 15.5. The Balaban J connectivity index is 1.68. The number of urea groups is 1. The van der Waals surface area contributed by atoms with Crippen molar-refractivity contribution in [1.29, 1.82) is 0 Å². The van der Waals surface area contributed by atoms with Crippen molar-refractivity contribution in [2.75, 3.05) is 46.7 Å². The first kappa shape index (κ1) is 60.5. The van der Waals surface area contributed by atoms with E-state index in [9.17, 15) is 38.7 Å². The lowest BCUT2D eigenvalue weighted by Gasteiger charge is -2.41. The van der Waals surface area contributed by atoms with Gasteiger partial charge in [-0.2, -0.15) is 0 Å². The maximum atomic E-state index is 14.6. The predicted molar refractivity (Wildman–Crippen MR) is 275 cm³/mol. The number of aliphatic hydroxyl groups is 1. The number of carbonyl (C=O) groups excluding carboxylic acids is 7. The summed E-state index contributed by atoms with van der Waals surface area (Å²) in [6, 6.07) is 11.7. The van der Waals surface area contributed by atoms with Crippen molar-refractivity contribution in [2.45, 2.75) is 155 Å². The molecule has 0 aliphatic carbocycles. The quantitative estimate of drug-likeness (QED) is 0.0593. The number of nitrogens with two attached hydrogens (primary N) is 1. The lowest BCUT2D eigenvalue weighted by atomic mass is 9.89. The van der Waals surface area contributed by atoms with E-state index in [-0.39, 0.29) is 60.8 Å². The maximum Gasteiger partial charge on any atom is 0.410 e. The van der Waals surface area contributed by atoms with Crippen LogP contribution in [0.15, 0.2) is 54.6 Å². The van der Waals surface area contributed by atoms with Gasteiger partial charge >= 0.3 is 12.1 Å². The van der Waals surface area contributed by atoms with Gasteiger partial charge in [0.1, 0.15) is 18.7 Å². The van der Waals surface area contributed by atoms with Gasteiger partial charge in [0.05, 0.1) is 48.8 Å². The van der Waals surface area contributed by atoms with Crippen LogP contribution < -0.4 is 27.0 Å². The minimum atomic E-state index is -1.00. The van der Waals surface area contributed by atoms with E-state index in [1.54, 1.807) is 80.9 Å². The fraction of sp³-hybridized carbons (Fsp3) is 0.642. The Morgan fingerprint density at radius 1 is 0.833 bits per heavy atom. The number of unbranched alkanes of at least 4 members (excludes halogenated alkanes) is 1. The highest BCUT2D eigenvalue weighted by Crippen LogP contribution is 2.30. The number of benzene rings is 2. The Hall–Kier alpha value is -5.79. The lowest BCUT2D eigenvalue weighted by Crippen LogP contribution is -2.60. The van der Waals surface area contributed by atoms with Crippen molar-refractivity contribution >= 4 is 47.3 Å². The van der Waals surface area contributed by atoms with Crippen molar-refractivity contribution in [3.8, 4) is 0 Å². The average Bonchev–Trinajstić information content (AvgIpc) is 3.84. The highest BCUT2D eigenvalue weighted by Gasteiger charge is 2.44. The third-order valence-electron chi connectivity index (χ3n) is 13.8. The smallest absolute Gasteiger partial charge is 0.410 e. The third-order valence-corrected chi connectivity index (χ3v) is 13.8. The summed E-state index contributed by atoms with van der Waals surface area (Å²) in [5.74, 6) is -3.15. The topological polar surface area (TPSA) is 251 Å². The summed E-state index contributed by atoms with van der Waals surface area (Å²) in [5, 5.41) is 22.1. The summed E-state index contributed by atoms with van der Waals surface area (Å²) in [7, 11) is 6.17. The SMILES string of the molecule is CC[C@H](C)[C@@H]([C@@H](CC(=O)N1CCCC1[C@H](OC)C(C)C(=O)N[C@H](C)[C@@H](O)c1ccccc1)OC)N(C)C(=O)[C@H](NC(=O)C(C(C)C)N(C)C(=O)OCc1ccc(NC(=O)CCCCNC(N)=O)cc1)C(C)C. The van der Waals surface area contributed by atoms with Crippen LogP contribution in [0.4, 0.5) is 15.3 Å². The number of anilines is 1. The van der Waals surface area contributed by atoms with Gasteiger partial charge in [-0.05, 0) is 73.6 Å². The van der Waals surface area contributed by atoms with E-state index in [0.29, 0.717) is 62.0 Å². The van der Waals surface area contributed by atoms with Gasteiger partial charge in [0.25, 0.3) is 0 Å². The fourth-order valence-electron chi connectivity index (χ4n) is 9.47. The van der Waals surface area contributed by atoms with Crippen LogP contribution in [-0.4, -0.2) is 145 Å². The van der Waals surface area contributed by atoms with Crippen LogP contribution in [0.5, 0.6) is 0 Å². The molecule has 1 aliphatic rings. The molecule has 1 aliphatic heterocycles. The van der Waals surface area contributed by atoms with Crippen LogP contribution in [0.2, 0.25) is 0 Å². The third kappa shape index (κ3) is 17.5. The molecule has 19 nitrogen and oxygen atoms in total. The van der Waals surface area contributed by atoms with Crippen molar-refractivity contribution in [1.82, 2.24) is 30.7 Å². The average molecular weight is 1010 g/mol. The van der Waals surface area contributed by atoms with Crippen molar-refractivity contribution in [3.63, 3.8) is 0 Å². The van der Waals surface area contributed by atoms with Gasteiger partial charge in [-0.1, -0.05) is 97.4 Å². The summed E-state index contributed by atoms with van der Waals surface area (Å²) < 4.78 is 17.6. The van der Waals surface area contributed by atoms with Crippen LogP contribution >= 0.6 is 0 Å². The van der Waals surface area contributed by atoms with Crippen LogP contribution in [0.25, 0.3) is 0 Å². The highest BCUT2D eigenvalue weighted by molar-refractivity contribution is 5.92. The molecule has 72 heavy (non-hydrogen) atoms. The highest BCUT2D eigenvalue weighted by atomic mass is 16.6. The van der Waals surface area contributed by atoms with E-state index in [2.05, 4.69) is 21.3 Å². The molecular formula is C53H84N8O11. The largest absolute Gasteiger partial charge is 0.445 e. The molecule has 0 aromatic heterocycles. The second-order valence-electron chi connectivity index (χ2n) is 19.8. The molecule has 402 valence electrons. The number of likely N-dealkylation sites (tertiary alicyclic amines) is 1. The Labute approximate surface area is 427 Å². The second-order valence-corrected chi connectivity index (χ2v) is 19.8. The number of ether oxygens (including phenoxy) is 3. The number of nitrogens with one attached hydrogen (secondary N) is 4. The summed E-state index contributed by atoms with van der Waals surface area (Å²) >= 11 is 0. The minimum absolute atomic E-state index is 0.0568. The summed E-state index contributed by atoms with van der Waals surface area (Å²) in [5.41, 5.74) is 6.96. The molecule has 0 radical (unpaired) electrons. The number of hydrogen-bond donors (Lipinski definition) is 6. The molecule has 0 spiro atoms. The van der Waals surface area contributed by atoms with Crippen molar-refractivity contribution in [2.24, 2.45) is 29.4 Å². The zero-order chi connectivity index (χ0) is 53.8. The molecule has 3 unspecified atom stereocenters. The molecule has 7 N–H and O–H groups in total. The molecule has 0 saturated carbocycles. The Morgan fingerprint density at radius 3 is 2.06 bits per heavy atom. The molecule has 19 heteroatoms. The van der Waals surface area contributed by atoms with Crippen molar-refractivity contribution in [3.05, 3.63) is 65.7 Å². The number of carbonyl (C=O) groups is 7. The molecular weight excluding hydrogens is 925 g/mol. The molecule has 0 bridgehead atoms. The standard InChI is InChI=1S/C53H84N8O11/c1-13-34(6)46(41(70-11)30-43(63)61-29-19-22-40(61)48(71-12)35(7)49(65)56-36(8)47(64)38-20-15-14-16-21-38)59(9)51(67)44(32(2)3)58-50(66)45(33(4)5)60(10)53(69)72-31-37-24-26-39(27-25-37)57-42(62)23-17-18-28-55-52(54)68/h14-16,20-21,24-27,32-36,40-41,44-48,64H,13,17-19,22-23,28-31H2,1-12H3,(H,56,65)(H,57,62)(H,58,66)(H3,54,55,68)/t34-,35?,36+,40?,41+,44+,45?,46-,47+,48+/m0/s1. The van der Waals surface area contributed by atoms with Gasteiger partial charge in [0.15, 0.2) is 0 Å². The number of primary amides is 1. The molecule has 1 fully saturated rings. The normalized spacial score (nSPS) is 17.3. The number of amides is 8. The van der Waals surface area contributed by atoms with Crippen LogP contribution in [-0.2, 0) is 44.8 Å². The first-order valence-electron chi connectivity index (χ1n) is 25.3. The van der Waals surface area contributed by atoms with Gasteiger partial charge in [0.2, 0.25) is 29.5 Å². The first-order valence-corrected chi connectivity index (χ1v) is 25.3. The van der Waals surface area contributed by atoms with Gasteiger partial charge in [-0.3, -0.25) is 28.9 Å². The van der Waals surface area contributed by atoms with Gasteiger partial charge in [0, 0.05) is 53.5 Å². The Morgan fingerprint density at radius 2 is 1.49 bits per heavy atom. The van der Waals surface area contributed by atoms with Gasteiger partial charge in [-0.25, -0.2) is 9.59 Å². The molecule has 2 aromatic rings.